The Labute approximate surface area is 113 Å². The highest BCUT2D eigenvalue weighted by Crippen LogP contribution is 2.38. The third-order valence-electron chi connectivity index (χ3n) is 2.23. The molecule has 1 aromatic carbocycles. The first-order valence-corrected chi connectivity index (χ1v) is 5.09. The molecule has 116 valence electrons. The number of carbonyl (C=O) groups excluding carboxylic acids is 1. The lowest BCUT2D eigenvalue weighted by atomic mass is 10.2. The van der Waals surface area contributed by atoms with E-state index in [0.29, 0.717) is 6.07 Å². The number of benzene rings is 1. The smallest absolute Gasteiger partial charge is 0.465 e. The molecule has 21 heavy (non-hydrogen) atoms. The average Bonchev–Trinajstić information content (AvgIpc) is 2.37. The zero-order valence-electron chi connectivity index (χ0n) is 10.2. The van der Waals surface area contributed by atoms with Crippen LogP contribution >= 0.6 is 0 Å². The third-order valence-corrected chi connectivity index (χ3v) is 2.23. The Morgan fingerprint density at radius 3 is 2.10 bits per heavy atom. The van der Waals surface area contributed by atoms with E-state index in [1.807, 2.05) is 0 Å². The van der Waals surface area contributed by atoms with Crippen LogP contribution in [0.3, 0.4) is 0 Å². The normalized spacial score (nSPS) is 11.9. The van der Waals surface area contributed by atoms with Gasteiger partial charge in [-0.3, -0.25) is 0 Å². The first-order valence-electron chi connectivity index (χ1n) is 5.09. The molecule has 0 atom stereocenters. The average molecular weight is 314 g/mol. The Morgan fingerprint density at radius 1 is 1.10 bits per heavy atom. The Hall–Kier alpha value is -2.39. The topological polar surface area (TPSA) is 72.8 Å². The van der Waals surface area contributed by atoms with Gasteiger partial charge in [-0.05, 0) is 18.2 Å². The predicted molar refractivity (Wildman–Crippen MR) is 56.6 cm³/mol. The maximum Gasteiger partial charge on any atom is 0.465 e. The summed E-state index contributed by atoms with van der Waals surface area (Å²) in [6.45, 7) is 0. The van der Waals surface area contributed by atoms with E-state index < -0.39 is 35.4 Å². The summed E-state index contributed by atoms with van der Waals surface area (Å²) >= 11 is 0. The Balaban J connectivity index is 3.15. The van der Waals surface area contributed by atoms with Crippen molar-refractivity contribution in [1.82, 2.24) is 0 Å². The van der Waals surface area contributed by atoms with Crippen molar-refractivity contribution in [2.75, 3.05) is 7.11 Å². The van der Waals surface area contributed by atoms with Gasteiger partial charge in [-0.1, -0.05) is 0 Å². The van der Waals surface area contributed by atoms with E-state index in [2.05, 4.69) is 9.47 Å². The molecule has 0 radical (unpaired) electrons. The highest BCUT2D eigenvalue weighted by molar-refractivity contribution is 5.89. The van der Waals surface area contributed by atoms with Gasteiger partial charge in [0.1, 0.15) is 0 Å². The van der Waals surface area contributed by atoms with Gasteiger partial charge < -0.3 is 14.6 Å². The first-order chi connectivity index (χ1) is 9.50. The summed E-state index contributed by atoms with van der Waals surface area (Å²) in [4.78, 5) is 21.6. The number of alkyl halides is 5. The molecule has 1 rings (SSSR count). The van der Waals surface area contributed by atoms with Crippen LogP contribution in [0.25, 0.3) is 0 Å². The van der Waals surface area contributed by atoms with Gasteiger partial charge in [0.05, 0.1) is 12.7 Å². The summed E-state index contributed by atoms with van der Waals surface area (Å²) in [5, 5.41) is 8.69. The lowest BCUT2D eigenvalue weighted by molar-refractivity contribution is -0.276. The number of carboxylic acids is 1. The molecule has 0 aromatic heterocycles. The molecule has 0 aliphatic rings. The Morgan fingerprint density at radius 2 is 1.67 bits per heavy atom. The van der Waals surface area contributed by atoms with Gasteiger partial charge in [0.25, 0.3) is 0 Å². The van der Waals surface area contributed by atoms with Crippen molar-refractivity contribution in [3.8, 4) is 11.5 Å². The van der Waals surface area contributed by atoms with Crippen LogP contribution in [-0.4, -0.2) is 36.3 Å². The van der Waals surface area contributed by atoms with E-state index in [0.717, 1.165) is 19.2 Å². The summed E-state index contributed by atoms with van der Waals surface area (Å²) in [5.41, 5.74) is -0.492. The summed E-state index contributed by atoms with van der Waals surface area (Å²) in [6.07, 6.45) is -6.14. The second-order valence-electron chi connectivity index (χ2n) is 3.63. The number of methoxy groups -OCH3 is 1. The molecule has 0 amide bonds. The fourth-order valence-corrected chi connectivity index (χ4v) is 1.17. The molecular weight excluding hydrogens is 307 g/mol. The van der Waals surface area contributed by atoms with Crippen molar-refractivity contribution in [2.45, 2.75) is 12.1 Å². The van der Waals surface area contributed by atoms with E-state index in [-0.39, 0.29) is 5.75 Å². The minimum atomic E-state index is -6.14. The van der Waals surface area contributed by atoms with Crippen LogP contribution in [0, 0.1) is 0 Å². The lowest BCUT2D eigenvalue weighted by Crippen LogP contribution is -2.46. The van der Waals surface area contributed by atoms with Crippen LogP contribution < -0.4 is 9.47 Å². The molecular formula is C11H7F5O5. The van der Waals surface area contributed by atoms with Crippen LogP contribution in [0.15, 0.2) is 18.2 Å². The van der Waals surface area contributed by atoms with Crippen LogP contribution in [0.4, 0.5) is 22.0 Å². The molecule has 0 aliphatic carbocycles. The van der Waals surface area contributed by atoms with Crippen molar-refractivity contribution in [3.63, 3.8) is 0 Å². The minimum absolute atomic E-state index is 0.383. The number of carboxylic acid groups (broad SMARTS) is 1. The predicted octanol–water partition coefficient (Wildman–Crippen LogP) is 2.50. The van der Waals surface area contributed by atoms with E-state index in [9.17, 15) is 31.5 Å². The number of hydrogen-bond acceptors (Lipinski definition) is 4. The molecule has 0 spiro atoms. The fourth-order valence-electron chi connectivity index (χ4n) is 1.17. The Bertz CT molecular complexity index is 567. The molecule has 0 bridgehead atoms. The van der Waals surface area contributed by atoms with Gasteiger partial charge >= 0.3 is 24.0 Å². The van der Waals surface area contributed by atoms with Crippen LogP contribution in [-0.2, 0) is 4.79 Å². The molecule has 0 unspecified atom stereocenters. The van der Waals surface area contributed by atoms with Gasteiger partial charge in [0.15, 0.2) is 11.5 Å². The molecule has 1 aromatic rings. The maximum atomic E-state index is 12.7. The van der Waals surface area contributed by atoms with Crippen molar-refractivity contribution < 1.29 is 46.1 Å². The minimum Gasteiger partial charge on any atom is -0.493 e. The fraction of sp³-hybridized carbons (Fsp3) is 0.273. The van der Waals surface area contributed by atoms with Gasteiger partial charge in [0, 0.05) is 0 Å². The first kappa shape index (κ1) is 16.7. The van der Waals surface area contributed by atoms with E-state index in [1.54, 1.807) is 0 Å². The maximum absolute atomic E-state index is 12.7. The number of aromatic carboxylic acids is 1. The number of hydrogen-bond donors (Lipinski definition) is 1. The van der Waals surface area contributed by atoms with Crippen molar-refractivity contribution >= 4 is 11.9 Å². The zero-order valence-corrected chi connectivity index (χ0v) is 10.2. The van der Waals surface area contributed by atoms with Gasteiger partial charge in [0.2, 0.25) is 0 Å². The summed E-state index contributed by atoms with van der Waals surface area (Å²) < 4.78 is 70.0. The van der Waals surface area contributed by atoms with Crippen molar-refractivity contribution in [2.24, 2.45) is 0 Å². The van der Waals surface area contributed by atoms with Crippen molar-refractivity contribution in [3.05, 3.63) is 23.8 Å². The molecule has 0 saturated heterocycles. The number of halogens is 5. The third kappa shape index (κ3) is 3.38. The second-order valence-corrected chi connectivity index (χ2v) is 3.63. The van der Waals surface area contributed by atoms with Gasteiger partial charge in [-0.2, -0.15) is 22.0 Å². The molecule has 0 fully saturated rings. The SMILES string of the molecule is COc1ccc(C(=O)O)cc1OC(=O)C(F)(F)C(F)(F)F. The molecule has 0 saturated carbocycles. The van der Waals surface area contributed by atoms with Gasteiger partial charge in [-0.15, -0.1) is 0 Å². The molecule has 10 heteroatoms. The highest BCUT2D eigenvalue weighted by Gasteiger charge is 2.65. The largest absolute Gasteiger partial charge is 0.493 e. The quantitative estimate of drug-likeness (QED) is 0.525. The van der Waals surface area contributed by atoms with E-state index >= 15 is 0 Å². The van der Waals surface area contributed by atoms with Crippen molar-refractivity contribution in [1.29, 1.82) is 0 Å². The molecule has 1 N–H and O–H groups in total. The Kier molecular flexibility index (Phi) is 4.40. The molecule has 0 heterocycles. The lowest BCUT2D eigenvalue weighted by Gasteiger charge is -2.18. The van der Waals surface area contributed by atoms with E-state index in [1.165, 1.54) is 0 Å². The number of rotatable bonds is 4. The van der Waals surface area contributed by atoms with E-state index in [4.69, 9.17) is 5.11 Å². The summed E-state index contributed by atoms with van der Waals surface area (Å²) in [7, 11) is 1.02. The molecule has 0 aliphatic heterocycles. The summed E-state index contributed by atoms with van der Waals surface area (Å²) in [5.74, 6) is -11.4. The summed E-state index contributed by atoms with van der Waals surface area (Å²) in [6, 6.07) is 2.52. The van der Waals surface area contributed by atoms with Gasteiger partial charge in [-0.25, -0.2) is 9.59 Å². The van der Waals surface area contributed by atoms with Crippen LogP contribution in [0.2, 0.25) is 0 Å². The second kappa shape index (κ2) is 5.54. The number of ether oxygens (including phenoxy) is 2. The monoisotopic (exact) mass is 314 g/mol. The van der Waals surface area contributed by atoms with Crippen LogP contribution in [0.1, 0.15) is 10.4 Å². The molecule has 5 nitrogen and oxygen atoms in total. The van der Waals surface area contributed by atoms with Crippen LogP contribution in [0.5, 0.6) is 11.5 Å². The standard InChI is InChI=1S/C11H7F5O5/c1-20-6-3-2-5(8(17)18)4-7(6)21-9(19)10(12,13)11(14,15)16/h2-4H,1H3,(H,17,18). The highest BCUT2D eigenvalue weighted by atomic mass is 19.4. The zero-order chi connectivity index (χ0) is 16.4. The number of esters is 1. The number of carbonyl (C=O) groups is 2.